The van der Waals surface area contributed by atoms with E-state index >= 15 is 0 Å². The van der Waals surface area contributed by atoms with E-state index in [0.29, 0.717) is 53.7 Å². The van der Waals surface area contributed by atoms with Gasteiger partial charge in [0.25, 0.3) is 0 Å². The summed E-state index contributed by atoms with van der Waals surface area (Å²) >= 11 is 0. The lowest BCUT2D eigenvalue weighted by molar-refractivity contribution is -0.107. The van der Waals surface area contributed by atoms with E-state index in [0.717, 1.165) is 6.29 Å². The number of hydrogen-bond acceptors (Lipinski definition) is 5. The fraction of sp³-hybridized carbons (Fsp3) is 0.333. The van der Waals surface area contributed by atoms with Crippen LogP contribution in [-0.2, 0) is 11.2 Å². The number of benzene rings is 2. The predicted molar refractivity (Wildman–Crippen MR) is 116 cm³/mol. The highest BCUT2D eigenvalue weighted by molar-refractivity contribution is 5.98. The molecule has 0 fully saturated rings. The van der Waals surface area contributed by atoms with E-state index in [9.17, 15) is 19.1 Å². The average molecular weight is 424 g/mol. The number of halogens is 1. The summed E-state index contributed by atoms with van der Waals surface area (Å²) < 4.78 is 19.9. The number of carbonyl (C=O) groups is 2. The molecule has 0 atom stereocenters. The van der Waals surface area contributed by atoms with Crippen LogP contribution in [-0.4, -0.2) is 32.9 Å². The van der Waals surface area contributed by atoms with Crippen molar-refractivity contribution in [3.63, 3.8) is 0 Å². The lowest BCUT2D eigenvalue weighted by Crippen LogP contribution is -2.24. The molecule has 2 aromatic carbocycles. The second-order valence-electron chi connectivity index (χ2n) is 8.27. The molecule has 6 nitrogen and oxygen atoms in total. The Bertz CT molecular complexity index is 1120. The fourth-order valence-electron chi connectivity index (χ4n) is 3.27. The molecule has 3 rings (SSSR count). The Hall–Kier alpha value is -3.35. The van der Waals surface area contributed by atoms with Gasteiger partial charge in [0.2, 0.25) is 0 Å². The van der Waals surface area contributed by atoms with Crippen molar-refractivity contribution in [3.05, 3.63) is 53.5 Å². The Morgan fingerprint density at radius 3 is 2.58 bits per heavy atom. The van der Waals surface area contributed by atoms with E-state index in [-0.39, 0.29) is 17.1 Å². The summed E-state index contributed by atoms with van der Waals surface area (Å²) in [6.45, 7) is 5.48. The zero-order chi connectivity index (χ0) is 22.6. The zero-order valence-corrected chi connectivity index (χ0v) is 17.8. The molecule has 0 spiro atoms. The number of ether oxygens (including phenoxy) is 1. The van der Waals surface area contributed by atoms with Gasteiger partial charge < -0.3 is 14.6 Å². The Labute approximate surface area is 180 Å². The minimum Gasteiger partial charge on any atom is -0.485 e. The SMILES string of the molecule is CC(C)(C)Oc1c(C(=O)O)ccc2nc(-c3cccc(F)c3)c(CCCCC=O)nc12. The van der Waals surface area contributed by atoms with Gasteiger partial charge >= 0.3 is 5.97 Å². The van der Waals surface area contributed by atoms with Crippen LogP contribution in [0, 0.1) is 5.82 Å². The molecule has 1 heterocycles. The molecular formula is C24H25FN2O4. The Kier molecular flexibility index (Phi) is 6.63. The van der Waals surface area contributed by atoms with Crippen LogP contribution in [0.1, 0.15) is 56.1 Å². The lowest BCUT2D eigenvalue weighted by Gasteiger charge is -2.23. The van der Waals surface area contributed by atoms with Gasteiger partial charge in [-0.15, -0.1) is 0 Å². The van der Waals surface area contributed by atoms with Crippen molar-refractivity contribution < 1.29 is 23.8 Å². The number of unbranched alkanes of at least 4 members (excludes halogenated alkanes) is 2. The van der Waals surface area contributed by atoms with E-state index in [1.54, 1.807) is 18.2 Å². The third-order valence-corrected chi connectivity index (χ3v) is 4.58. The third-order valence-electron chi connectivity index (χ3n) is 4.58. The second kappa shape index (κ2) is 9.20. The van der Waals surface area contributed by atoms with Crippen LogP contribution >= 0.6 is 0 Å². The second-order valence-corrected chi connectivity index (χ2v) is 8.27. The molecule has 0 bridgehead atoms. The molecule has 0 saturated heterocycles. The third kappa shape index (κ3) is 5.42. The zero-order valence-electron chi connectivity index (χ0n) is 17.8. The number of rotatable bonds is 8. The first kappa shape index (κ1) is 22.3. The molecule has 7 heteroatoms. The number of hydrogen-bond donors (Lipinski definition) is 1. The maximum Gasteiger partial charge on any atom is 0.339 e. The maximum absolute atomic E-state index is 13.9. The van der Waals surface area contributed by atoms with Crippen molar-refractivity contribution >= 4 is 23.3 Å². The lowest BCUT2D eigenvalue weighted by atomic mass is 10.0. The van der Waals surface area contributed by atoms with Gasteiger partial charge in [-0.25, -0.2) is 19.2 Å². The van der Waals surface area contributed by atoms with Gasteiger partial charge in [-0.05, 0) is 64.3 Å². The highest BCUT2D eigenvalue weighted by Gasteiger charge is 2.23. The van der Waals surface area contributed by atoms with E-state index < -0.39 is 11.6 Å². The first-order chi connectivity index (χ1) is 14.7. The van der Waals surface area contributed by atoms with Crippen molar-refractivity contribution in [1.29, 1.82) is 0 Å². The van der Waals surface area contributed by atoms with Crippen LogP contribution in [0.25, 0.3) is 22.3 Å². The van der Waals surface area contributed by atoms with Crippen LogP contribution in [0.4, 0.5) is 4.39 Å². The largest absolute Gasteiger partial charge is 0.485 e. The van der Waals surface area contributed by atoms with E-state index in [1.807, 2.05) is 20.8 Å². The van der Waals surface area contributed by atoms with E-state index in [2.05, 4.69) is 0 Å². The molecule has 0 aliphatic rings. The van der Waals surface area contributed by atoms with E-state index in [1.165, 1.54) is 18.2 Å². The smallest absolute Gasteiger partial charge is 0.339 e. The summed E-state index contributed by atoms with van der Waals surface area (Å²) in [4.78, 5) is 31.9. The normalized spacial score (nSPS) is 11.5. The van der Waals surface area contributed by atoms with Gasteiger partial charge in [0.1, 0.15) is 28.8 Å². The number of aldehydes is 1. The van der Waals surface area contributed by atoms with Crippen molar-refractivity contribution in [2.75, 3.05) is 0 Å². The van der Waals surface area contributed by atoms with Gasteiger partial charge in [-0.3, -0.25) is 0 Å². The molecule has 0 unspecified atom stereocenters. The Morgan fingerprint density at radius 1 is 1.16 bits per heavy atom. The van der Waals surface area contributed by atoms with Gasteiger partial charge in [0.15, 0.2) is 5.75 Å². The van der Waals surface area contributed by atoms with Crippen LogP contribution in [0.5, 0.6) is 5.75 Å². The number of aromatic carboxylic acids is 1. The van der Waals surface area contributed by atoms with Crippen LogP contribution in [0.15, 0.2) is 36.4 Å². The standard InChI is InChI=1S/C24H25FN2O4/c1-24(2,3)31-22-17(23(29)30)11-12-19-21(22)27-18(10-5-4-6-13-28)20(26-19)15-8-7-9-16(25)14-15/h7-9,11-14H,4-6,10H2,1-3H3,(H,29,30). The van der Waals surface area contributed by atoms with Crippen molar-refractivity contribution in [1.82, 2.24) is 9.97 Å². The first-order valence-corrected chi connectivity index (χ1v) is 10.1. The van der Waals surface area contributed by atoms with Crippen LogP contribution in [0.2, 0.25) is 0 Å². The number of fused-ring (bicyclic) bond motifs is 1. The number of carbonyl (C=O) groups excluding carboxylic acids is 1. The molecule has 31 heavy (non-hydrogen) atoms. The summed E-state index contributed by atoms with van der Waals surface area (Å²) in [7, 11) is 0. The van der Waals surface area contributed by atoms with Crippen molar-refractivity contribution in [3.8, 4) is 17.0 Å². The minimum atomic E-state index is -1.12. The number of carboxylic acid groups (broad SMARTS) is 1. The summed E-state index contributed by atoms with van der Waals surface area (Å²) in [5.74, 6) is -1.35. The topological polar surface area (TPSA) is 89.4 Å². The van der Waals surface area contributed by atoms with Crippen molar-refractivity contribution in [2.24, 2.45) is 0 Å². The molecule has 0 radical (unpaired) electrons. The Balaban J connectivity index is 2.22. The molecule has 0 amide bonds. The molecule has 1 N–H and O–H groups in total. The molecule has 3 aromatic rings. The molecule has 0 saturated carbocycles. The highest BCUT2D eigenvalue weighted by Crippen LogP contribution is 2.34. The average Bonchev–Trinajstić information content (AvgIpc) is 2.69. The number of aromatic nitrogens is 2. The van der Waals surface area contributed by atoms with Gasteiger partial charge in [0, 0.05) is 12.0 Å². The molecule has 0 aliphatic carbocycles. The summed E-state index contributed by atoms with van der Waals surface area (Å²) in [6, 6.07) is 9.14. The fourth-order valence-corrected chi connectivity index (χ4v) is 3.27. The first-order valence-electron chi connectivity index (χ1n) is 10.1. The highest BCUT2D eigenvalue weighted by atomic mass is 19.1. The molecule has 1 aromatic heterocycles. The van der Waals surface area contributed by atoms with Crippen LogP contribution < -0.4 is 4.74 Å². The number of nitrogens with zero attached hydrogens (tertiary/aromatic N) is 2. The summed E-state index contributed by atoms with van der Waals surface area (Å²) in [5, 5.41) is 9.65. The van der Waals surface area contributed by atoms with Gasteiger partial charge in [-0.1, -0.05) is 12.1 Å². The minimum absolute atomic E-state index is 0.00198. The number of aryl methyl sites for hydroxylation is 1. The molecule has 162 valence electrons. The summed E-state index contributed by atoms with van der Waals surface area (Å²) in [6.07, 6.45) is 3.20. The van der Waals surface area contributed by atoms with Crippen molar-refractivity contribution in [2.45, 2.75) is 52.1 Å². The number of carboxylic acids is 1. The monoisotopic (exact) mass is 424 g/mol. The summed E-state index contributed by atoms with van der Waals surface area (Å²) in [5.41, 5.74) is 1.88. The molecule has 0 aliphatic heterocycles. The predicted octanol–water partition coefficient (Wildman–Crippen LogP) is 5.22. The maximum atomic E-state index is 13.9. The Morgan fingerprint density at radius 2 is 1.94 bits per heavy atom. The quantitative estimate of drug-likeness (QED) is 0.394. The van der Waals surface area contributed by atoms with E-state index in [4.69, 9.17) is 14.7 Å². The van der Waals surface area contributed by atoms with Crippen LogP contribution in [0.3, 0.4) is 0 Å². The van der Waals surface area contributed by atoms with Gasteiger partial charge in [0.05, 0.1) is 16.9 Å². The molecular weight excluding hydrogens is 399 g/mol. The van der Waals surface area contributed by atoms with Gasteiger partial charge in [-0.2, -0.15) is 0 Å².